The molecule has 0 aliphatic carbocycles. The molecule has 0 amide bonds. The summed E-state index contributed by atoms with van der Waals surface area (Å²) < 4.78 is 33.0. The molecule has 0 fully saturated rings. The van der Waals surface area contributed by atoms with Crippen molar-refractivity contribution in [3.05, 3.63) is 6.43 Å². The van der Waals surface area contributed by atoms with E-state index < -0.39 is 12.7 Å². The molecule has 0 bridgehead atoms. The maximum absolute atomic E-state index is 11.9. The molecule has 0 aromatic heterocycles. The summed E-state index contributed by atoms with van der Waals surface area (Å²) in [6.07, 6.45) is -2.54. The lowest BCUT2D eigenvalue weighted by molar-refractivity contribution is -0.163. The molecule has 0 spiro atoms. The van der Waals surface area contributed by atoms with Crippen LogP contribution in [0.2, 0.25) is 0 Å². The van der Waals surface area contributed by atoms with Crippen LogP contribution in [0.3, 0.4) is 0 Å². The molecule has 1 unspecified atom stereocenters. The van der Waals surface area contributed by atoms with Gasteiger partial charge in [0.25, 0.3) is 0 Å². The first-order chi connectivity index (χ1) is 5.22. The molecular weight excluding hydrogens is 154 g/mol. The third-order valence-corrected chi connectivity index (χ3v) is 0.970. The zero-order chi connectivity index (χ0) is 8.69. The molecule has 0 aliphatic rings. The molecule has 0 N–H and O–H groups in total. The average Bonchev–Trinajstić information content (AvgIpc) is 1.97. The average molecular weight is 167 g/mol. The summed E-state index contributed by atoms with van der Waals surface area (Å²) in [5.41, 5.74) is 0. The lowest BCUT2D eigenvalue weighted by atomic mass is 10.5. The Bertz CT molecular complexity index is 88.5. The summed E-state index contributed by atoms with van der Waals surface area (Å²) >= 11 is 0. The van der Waals surface area contributed by atoms with Gasteiger partial charge in [-0.05, 0) is 13.3 Å². The van der Waals surface area contributed by atoms with E-state index in [1.807, 2.05) is 6.92 Å². The molecule has 0 aromatic carbocycles. The fraction of sp³-hybridized carbons (Fsp3) is 0.857. The minimum Gasteiger partial charge on any atom is -0.347 e. The Labute approximate surface area is 65.5 Å². The number of rotatable bonds is 6. The molecule has 0 rings (SSSR count). The highest BCUT2D eigenvalue weighted by Crippen LogP contribution is 2.14. The van der Waals surface area contributed by atoms with Crippen LogP contribution in [0.5, 0.6) is 0 Å². The lowest BCUT2D eigenvalue weighted by Gasteiger charge is -2.14. The van der Waals surface area contributed by atoms with Crippen LogP contribution in [-0.4, -0.2) is 19.5 Å². The summed E-state index contributed by atoms with van der Waals surface area (Å²) in [6, 6.07) is 0. The number of hydrogen-bond donors (Lipinski definition) is 0. The number of ether oxygens (including phenoxy) is 2. The standard InChI is InChI=1S/C7H13F2O2/c1-3-5-11-7(6(8)9)10-4-2/h7H,3-5H2,1-2H3. The van der Waals surface area contributed by atoms with Crippen LogP contribution in [0.25, 0.3) is 0 Å². The van der Waals surface area contributed by atoms with Gasteiger partial charge in [-0.15, -0.1) is 0 Å². The van der Waals surface area contributed by atoms with E-state index in [4.69, 9.17) is 0 Å². The van der Waals surface area contributed by atoms with Gasteiger partial charge in [0.05, 0.1) is 0 Å². The predicted octanol–water partition coefficient (Wildman–Crippen LogP) is 2.20. The van der Waals surface area contributed by atoms with Crippen LogP contribution in [-0.2, 0) is 9.47 Å². The number of halogens is 2. The molecule has 0 heterocycles. The van der Waals surface area contributed by atoms with Crippen molar-refractivity contribution in [1.82, 2.24) is 0 Å². The van der Waals surface area contributed by atoms with Crippen molar-refractivity contribution in [2.24, 2.45) is 0 Å². The second-order valence-electron chi connectivity index (χ2n) is 1.95. The summed E-state index contributed by atoms with van der Waals surface area (Å²) in [5, 5.41) is 0. The van der Waals surface area contributed by atoms with E-state index >= 15 is 0 Å². The van der Waals surface area contributed by atoms with Gasteiger partial charge in [-0.2, -0.15) is 8.78 Å². The Morgan fingerprint density at radius 3 is 2.27 bits per heavy atom. The molecule has 0 aromatic rings. The second-order valence-corrected chi connectivity index (χ2v) is 1.95. The molecule has 0 saturated heterocycles. The maximum Gasteiger partial charge on any atom is 0.364 e. The Balaban J connectivity index is 3.51. The highest BCUT2D eigenvalue weighted by molar-refractivity contribution is 4.65. The van der Waals surface area contributed by atoms with E-state index in [9.17, 15) is 8.78 Å². The Morgan fingerprint density at radius 2 is 1.91 bits per heavy atom. The first kappa shape index (κ1) is 10.8. The van der Waals surface area contributed by atoms with Gasteiger partial charge in [-0.1, -0.05) is 6.92 Å². The van der Waals surface area contributed by atoms with Gasteiger partial charge in [-0.25, -0.2) is 0 Å². The zero-order valence-corrected chi connectivity index (χ0v) is 6.77. The molecule has 0 aliphatic heterocycles. The highest BCUT2D eigenvalue weighted by atomic mass is 19.3. The summed E-state index contributed by atoms with van der Waals surface area (Å²) in [5.74, 6) is 0. The highest BCUT2D eigenvalue weighted by Gasteiger charge is 2.22. The predicted molar refractivity (Wildman–Crippen MR) is 37.1 cm³/mol. The molecular formula is C7H13F2O2. The third-order valence-electron chi connectivity index (χ3n) is 0.970. The van der Waals surface area contributed by atoms with Gasteiger partial charge in [0.1, 0.15) is 0 Å². The molecule has 67 valence electrons. The quantitative estimate of drug-likeness (QED) is 0.564. The van der Waals surface area contributed by atoms with Gasteiger partial charge in [-0.3, -0.25) is 0 Å². The largest absolute Gasteiger partial charge is 0.364 e. The van der Waals surface area contributed by atoms with Crippen LogP contribution < -0.4 is 0 Å². The Morgan fingerprint density at radius 1 is 1.27 bits per heavy atom. The third kappa shape index (κ3) is 5.09. The van der Waals surface area contributed by atoms with E-state index in [0.29, 0.717) is 13.0 Å². The van der Waals surface area contributed by atoms with Crippen molar-refractivity contribution >= 4 is 0 Å². The topological polar surface area (TPSA) is 18.5 Å². The van der Waals surface area contributed by atoms with Gasteiger partial charge in [0.2, 0.25) is 6.29 Å². The number of hydrogen-bond acceptors (Lipinski definition) is 2. The fourth-order valence-electron chi connectivity index (χ4n) is 0.550. The van der Waals surface area contributed by atoms with Gasteiger partial charge in [0.15, 0.2) is 0 Å². The Kier molecular flexibility index (Phi) is 6.36. The summed E-state index contributed by atoms with van der Waals surface area (Å²) in [4.78, 5) is 0. The normalized spacial score (nSPS) is 13.9. The fourth-order valence-corrected chi connectivity index (χ4v) is 0.550. The maximum atomic E-state index is 11.9. The van der Waals surface area contributed by atoms with Gasteiger partial charge in [0, 0.05) is 13.2 Å². The van der Waals surface area contributed by atoms with E-state index in [1.165, 1.54) is 0 Å². The molecule has 4 heteroatoms. The van der Waals surface area contributed by atoms with Crippen LogP contribution in [0.1, 0.15) is 20.3 Å². The van der Waals surface area contributed by atoms with Crippen molar-refractivity contribution in [1.29, 1.82) is 0 Å². The van der Waals surface area contributed by atoms with E-state index in [1.54, 1.807) is 6.92 Å². The van der Waals surface area contributed by atoms with Crippen LogP contribution in [0, 0.1) is 6.43 Å². The van der Waals surface area contributed by atoms with E-state index in [2.05, 4.69) is 9.47 Å². The molecule has 11 heavy (non-hydrogen) atoms. The molecule has 1 radical (unpaired) electrons. The lowest BCUT2D eigenvalue weighted by Crippen LogP contribution is -2.21. The first-order valence-electron chi connectivity index (χ1n) is 3.63. The van der Waals surface area contributed by atoms with Gasteiger partial charge >= 0.3 is 6.43 Å². The van der Waals surface area contributed by atoms with Crippen molar-refractivity contribution in [2.45, 2.75) is 26.6 Å². The summed E-state index contributed by atoms with van der Waals surface area (Å²) in [6.45, 7) is 4.01. The van der Waals surface area contributed by atoms with E-state index in [0.717, 1.165) is 0 Å². The molecule has 0 saturated carbocycles. The van der Waals surface area contributed by atoms with Gasteiger partial charge < -0.3 is 9.47 Å². The summed E-state index contributed by atoms with van der Waals surface area (Å²) in [7, 11) is 0. The van der Waals surface area contributed by atoms with Crippen molar-refractivity contribution in [3.63, 3.8) is 0 Å². The van der Waals surface area contributed by atoms with Crippen LogP contribution >= 0.6 is 0 Å². The minimum absolute atomic E-state index is 0.228. The first-order valence-corrected chi connectivity index (χ1v) is 3.63. The second kappa shape index (κ2) is 6.49. The van der Waals surface area contributed by atoms with E-state index in [-0.39, 0.29) is 6.61 Å². The molecule has 1 atom stereocenters. The smallest absolute Gasteiger partial charge is 0.347 e. The van der Waals surface area contributed by atoms with Crippen molar-refractivity contribution in [2.75, 3.05) is 13.2 Å². The zero-order valence-electron chi connectivity index (χ0n) is 6.77. The molecule has 2 nitrogen and oxygen atoms in total. The Hall–Kier alpha value is -0.220. The van der Waals surface area contributed by atoms with Crippen LogP contribution in [0.4, 0.5) is 8.78 Å². The van der Waals surface area contributed by atoms with Crippen molar-refractivity contribution in [3.8, 4) is 0 Å². The monoisotopic (exact) mass is 167 g/mol. The van der Waals surface area contributed by atoms with Crippen molar-refractivity contribution < 1.29 is 18.3 Å². The van der Waals surface area contributed by atoms with Crippen LogP contribution in [0.15, 0.2) is 0 Å². The SMILES string of the molecule is CCCOC(OCC)[C](F)F. The minimum atomic E-state index is -1.82.